The van der Waals surface area contributed by atoms with E-state index in [0.717, 1.165) is 22.9 Å². The number of hydrogen-bond donors (Lipinski definition) is 1. The van der Waals surface area contributed by atoms with Crippen molar-refractivity contribution in [3.8, 4) is 0 Å². The van der Waals surface area contributed by atoms with E-state index in [-0.39, 0.29) is 11.9 Å². The first kappa shape index (κ1) is 20.0. The van der Waals surface area contributed by atoms with Crippen LogP contribution in [0.25, 0.3) is 0 Å². The van der Waals surface area contributed by atoms with Gasteiger partial charge in [0.05, 0.1) is 18.0 Å². The Morgan fingerprint density at radius 3 is 2.15 bits per heavy atom. The van der Waals surface area contributed by atoms with Crippen molar-refractivity contribution in [2.24, 2.45) is 0 Å². The van der Waals surface area contributed by atoms with Crippen molar-refractivity contribution in [1.82, 2.24) is 5.32 Å². The maximum absolute atomic E-state index is 12.7. The molecule has 0 radical (unpaired) electrons. The highest BCUT2D eigenvalue weighted by atomic mass is 32.2. The summed E-state index contributed by atoms with van der Waals surface area (Å²) in [5.74, 6) is -0.343. The Hall–Kier alpha value is -2.34. The van der Waals surface area contributed by atoms with Crippen molar-refractivity contribution in [3.05, 3.63) is 65.2 Å². The fraction of sp³-hybridized carbons (Fsp3) is 0.350. The highest BCUT2D eigenvalue weighted by molar-refractivity contribution is 7.92. The molecule has 2 unspecified atom stereocenters. The highest BCUT2D eigenvalue weighted by Gasteiger charge is 2.30. The van der Waals surface area contributed by atoms with Gasteiger partial charge in [-0.3, -0.25) is 9.10 Å². The molecule has 0 saturated heterocycles. The first-order chi connectivity index (χ1) is 12.1. The normalized spacial score (nSPS) is 13.7. The SMILES string of the molecule is Cc1ccc(N(C(C)C(=O)NC(C)c2ccccc2)S(C)(=O)=O)cc1C. The third-order valence-electron chi connectivity index (χ3n) is 4.49. The summed E-state index contributed by atoms with van der Waals surface area (Å²) in [6, 6.07) is 13.9. The molecule has 140 valence electrons. The van der Waals surface area contributed by atoms with E-state index >= 15 is 0 Å². The molecule has 0 aliphatic rings. The van der Waals surface area contributed by atoms with Crippen LogP contribution in [0, 0.1) is 13.8 Å². The quantitative estimate of drug-likeness (QED) is 0.843. The summed E-state index contributed by atoms with van der Waals surface area (Å²) in [7, 11) is -3.62. The van der Waals surface area contributed by atoms with Gasteiger partial charge in [0.2, 0.25) is 15.9 Å². The highest BCUT2D eigenvalue weighted by Crippen LogP contribution is 2.24. The summed E-state index contributed by atoms with van der Waals surface area (Å²) in [4.78, 5) is 12.7. The van der Waals surface area contributed by atoms with Crippen LogP contribution < -0.4 is 9.62 Å². The lowest BCUT2D eigenvalue weighted by Gasteiger charge is -2.29. The maximum Gasteiger partial charge on any atom is 0.244 e. The monoisotopic (exact) mass is 374 g/mol. The van der Waals surface area contributed by atoms with Crippen LogP contribution >= 0.6 is 0 Å². The van der Waals surface area contributed by atoms with Gasteiger partial charge >= 0.3 is 0 Å². The van der Waals surface area contributed by atoms with Gasteiger partial charge < -0.3 is 5.32 Å². The molecule has 1 N–H and O–H groups in total. The van der Waals surface area contributed by atoms with E-state index in [1.54, 1.807) is 19.1 Å². The van der Waals surface area contributed by atoms with E-state index in [1.807, 2.05) is 57.2 Å². The van der Waals surface area contributed by atoms with Gasteiger partial charge in [-0.1, -0.05) is 36.4 Å². The molecular weight excluding hydrogens is 348 g/mol. The van der Waals surface area contributed by atoms with Crippen molar-refractivity contribution in [1.29, 1.82) is 0 Å². The fourth-order valence-corrected chi connectivity index (χ4v) is 4.00. The minimum atomic E-state index is -3.62. The second kappa shape index (κ2) is 7.91. The first-order valence-electron chi connectivity index (χ1n) is 8.53. The van der Waals surface area contributed by atoms with E-state index in [2.05, 4.69) is 5.32 Å². The van der Waals surface area contributed by atoms with Crippen LogP contribution in [0.2, 0.25) is 0 Å². The Bertz CT molecular complexity index is 879. The number of nitrogens with zero attached hydrogens (tertiary/aromatic N) is 1. The standard InChI is InChI=1S/C20H26N2O3S/c1-14-11-12-19(13-15(14)2)22(26(5,24)25)17(4)20(23)21-16(3)18-9-7-6-8-10-18/h6-13,16-17H,1-5H3,(H,21,23). The van der Waals surface area contributed by atoms with E-state index in [0.29, 0.717) is 5.69 Å². The Labute approximate surface area is 156 Å². The number of nitrogens with one attached hydrogen (secondary N) is 1. The summed E-state index contributed by atoms with van der Waals surface area (Å²) in [6.07, 6.45) is 1.12. The molecule has 2 rings (SSSR count). The number of rotatable bonds is 6. The van der Waals surface area contributed by atoms with Crippen LogP contribution in [-0.2, 0) is 14.8 Å². The molecule has 2 aromatic carbocycles. The van der Waals surface area contributed by atoms with E-state index in [4.69, 9.17) is 0 Å². The number of hydrogen-bond acceptors (Lipinski definition) is 3. The number of aryl methyl sites for hydroxylation is 2. The second-order valence-electron chi connectivity index (χ2n) is 6.64. The average Bonchev–Trinajstić information content (AvgIpc) is 2.57. The largest absolute Gasteiger partial charge is 0.348 e. The predicted molar refractivity (Wildman–Crippen MR) is 106 cm³/mol. The van der Waals surface area contributed by atoms with Gasteiger partial charge in [0, 0.05) is 0 Å². The first-order valence-corrected chi connectivity index (χ1v) is 10.4. The molecule has 2 aromatic rings. The number of carbonyl (C=O) groups is 1. The van der Waals surface area contributed by atoms with Crippen LogP contribution in [-0.4, -0.2) is 26.6 Å². The summed E-state index contributed by atoms with van der Waals surface area (Å²) >= 11 is 0. The van der Waals surface area contributed by atoms with Gasteiger partial charge in [-0.25, -0.2) is 8.42 Å². The maximum atomic E-state index is 12.7. The number of carbonyl (C=O) groups excluding carboxylic acids is 1. The summed E-state index contributed by atoms with van der Waals surface area (Å²) < 4.78 is 25.9. The fourth-order valence-electron chi connectivity index (χ4n) is 2.83. The molecule has 0 fully saturated rings. The summed E-state index contributed by atoms with van der Waals surface area (Å²) in [6.45, 7) is 7.35. The molecule has 0 spiro atoms. The number of sulfonamides is 1. The lowest BCUT2D eigenvalue weighted by atomic mass is 10.1. The van der Waals surface area contributed by atoms with Gasteiger partial charge in [0.1, 0.15) is 6.04 Å². The van der Waals surface area contributed by atoms with Crippen LogP contribution in [0.4, 0.5) is 5.69 Å². The molecule has 26 heavy (non-hydrogen) atoms. The Morgan fingerprint density at radius 1 is 1.00 bits per heavy atom. The number of anilines is 1. The minimum absolute atomic E-state index is 0.215. The van der Waals surface area contributed by atoms with Crippen LogP contribution in [0.1, 0.15) is 36.6 Å². The second-order valence-corrected chi connectivity index (χ2v) is 8.50. The molecule has 6 heteroatoms. The number of benzene rings is 2. The Kier molecular flexibility index (Phi) is 6.08. The zero-order valence-electron chi connectivity index (χ0n) is 15.9. The van der Waals surface area contributed by atoms with Gasteiger partial charge in [0.15, 0.2) is 0 Å². The zero-order chi connectivity index (χ0) is 19.5. The third-order valence-corrected chi connectivity index (χ3v) is 5.73. The van der Waals surface area contributed by atoms with Crippen LogP contribution in [0.5, 0.6) is 0 Å². The molecule has 0 aliphatic heterocycles. The predicted octanol–water partition coefficient (Wildman–Crippen LogP) is 3.34. The van der Waals surface area contributed by atoms with Crippen molar-refractivity contribution >= 4 is 21.6 Å². The lowest BCUT2D eigenvalue weighted by Crippen LogP contribution is -2.48. The molecule has 0 bridgehead atoms. The smallest absolute Gasteiger partial charge is 0.244 e. The van der Waals surface area contributed by atoms with Gasteiger partial charge in [-0.2, -0.15) is 0 Å². The van der Waals surface area contributed by atoms with E-state index < -0.39 is 16.1 Å². The molecular formula is C20H26N2O3S. The molecule has 1 amide bonds. The molecule has 0 aromatic heterocycles. The van der Waals surface area contributed by atoms with Crippen LogP contribution in [0.3, 0.4) is 0 Å². The van der Waals surface area contributed by atoms with Gasteiger partial charge in [-0.15, -0.1) is 0 Å². The molecule has 0 heterocycles. The minimum Gasteiger partial charge on any atom is -0.348 e. The van der Waals surface area contributed by atoms with Crippen molar-refractivity contribution < 1.29 is 13.2 Å². The Morgan fingerprint density at radius 2 is 1.62 bits per heavy atom. The molecule has 5 nitrogen and oxygen atoms in total. The molecule has 0 saturated carbocycles. The van der Waals surface area contributed by atoms with E-state index in [9.17, 15) is 13.2 Å². The zero-order valence-corrected chi connectivity index (χ0v) is 16.7. The lowest BCUT2D eigenvalue weighted by molar-refractivity contribution is -0.122. The molecule has 0 aliphatic carbocycles. The molecule has 2 atom stereocenters. The van der Waals surface area contributed by atoms with Crippen molar-refractivity contribution in [2.75, 3.05) is 10.6 Å². The van der Waals surface area contributed by atoms with E-state index in [1.165, 1.54) is 4.31 Å². The van der Waals surface area contributed by atoms with Gasteiger partial charge in [-0.05, 0) is 56.5 Å². The number of amides is 1. The summed E-state index contributed by atoms with van der Waals surface area (Å²) in [5, 5.41) is 2.90. The third kappa shape index (κ3) is 4.64. The Balaban J connectivity index is 2.27. The van der Waals surface area contributed by atoms with Crippen LogP contribution in [0.15, 0.2) is 48.5 Å². The van der Waals surface area contributed by atoms with Crippen molar-refractivity contribution in [3.63, 3.8) is 0 Å². The average molecular weight is 375 g/mol. The van der Waals surface area contributed by atoms with Gasteiger partial charge in [0.25, 0.3) is 0 Å². The van der Waals surface area contributed by atoms with Crippen molar-refractivity contribution in [2.45, 2.75) is 39.8 Å². The summed E-state index contributed by atoms with van der Waals surface area (Å²) in [5.41, 5.74) is 3.49. The topological polar surface area (TPSA) is 66.5 Å².